The number of aromatic amines is 1. The van der Waals surface area contributed by atoms with Gasteiger partial charge in [-0.2, -0.15) is 0 Å². The molecule has 29 heavy (non-hydrogen) atoms. The van der Waals surface area contributed by atoms with Gasteiger partial charge in [-0.25, -0.2) is 0 Å². The molecule has 4 heterocycles. The lowest BCUT2D eigenvalue weighted by molar-refractivity contribution is -0.124. The van der Waals surface area contributed by atoms with Crippen molar-refractivity contribution in [2.75, 3.05) is 26.2 Å². The minimum atomic E-state index is 0.0764. The molecule has 2 saturated heterocycles. The van der Waals surface area contributed by atoms with Crippen LogP contribution < -0.4 is 5.32 Å². The maximum absolute atomic E-state index is 10.8. The van der Waals surface area contributed by atoms with E-state index in [0.717, 1.165) is 37.0 Å². The number of carbonyl (C=O) groups is 1. The topological polar surface area (TPSA) is 94.1 Å². The van der Waals surface area contributed by atoms with Gasteiger partial charge in [0, 0.05) is 30.2 Å². The van der Waals surface area contributed by atoms with Crippen LogP contribution in [0.5, 0.6) is 5.75 Å². The van der Waals surface area contributed by atoms with Gasteiger partial charge in [-0.15, -0.1) is 10.2 Å². The van der Waals surface area contributed by atoms with Crippen molar-refractivity contribution in [3.05, 3.63) is 55.3 Å². The maximum atomic E-state index is 10.8. The van der Waals surface area contributed by atoms with Crippen LogP contribution >= 0.6 is 0 Å². The van der Waals surface area contributed by atoms with Crippen molar-refractivity contribution in [2.24, 2.45) is 0 Å². The number of phenolic OH excluding ortho intramolecular Hbond substituents is 1. The number of aromatic hydroxyl groups is 1. The zero-order valence-corrected chi connectivity index (χ0v) is 16.5. The van der Waals surface area contributed by atoms with E-state index < -0.39 is 0 Å². The lowest BCUT2D eigenvalue weighted by Crippen LogP contribution is -2.29. The Kier molecular flexibility index (Phi) is 7.35. The van der Waals surface area contributed by atoms with Crippen LogP contribution in [-0.2, 0) is 4.79 Å². The smallest absolute Gasteiger partial charge is 0.245 e. The molecule has 7 heteroatoms. The number of carbonyl (C=O) groups excluding carboxylic acids is 1. The minimum absolute atomic E-state index is 0.0764. The molecule has 0 bridgehead atoms. The molecule has 1 amide bonds. The number of nitrogens with one attached hydrogen (secondary N) is 2. The van der Waals surface area contributed by atoms with Crippen LogP contribution in [0.4, 0.5) is 0 Å². The number of rotatable bonds is 2. The van der Waals surface area contributed by atoms with Gasteiger partial charge in [0.2, 0.25) is 5.91 Å². The number of nitrogens with zero attached hydrogens (tertiary/aromatic N) is 3. The molecule has 0 saturated carbocycles. The molecular weight excluding hydrogens is 366 g/mol. The Morgan fingerprint density at radius 2 is 1.79 bits per heavy atom. The number of amides is 1. The average molecular weight is 393 g/mol. The van der Waals surface area contributed by atoms with E-state index in [1.807, 2.05) is 35.4 Å². The summed E-state index contributed by atoms with van der Waals surface area (Å²) in [4.78, 5) is 15.6. The molecule has 2 aromatic heterocycles. The normalized spacial score (nSPS) is 14.8. The maximum Gasteiger partial charge on any atom is 0.245 e. The van der Waals surface area contributed by atoms with Gasteiger partial charge in [-0.05, 0) is 62.7 Å². The molecule has 3 N–H and O–H groups in total. The summed E-state index contributed by atoms with van der Waals surface area (Å²) in [6.07, 6.45) is 6.89. The average Bonchev–Trinajstić information content (AvgIpc) is 3.38. The van der Waals surface area contributed by atoms with Crippen molar-refractivity contribution in [3.63, 3.8) is 0 Å². The van der Waals surface area contributed by atoms with Crippen molar-refractivity contribution in [1.29, 1.82) is 0 Å². The second-order valence-electron chi connectivity index (χ2n) is 6.87. The third-order valence-corrected chi connectivity index (χ3v) is 4.79. The first-order valence-corrected chi connectivity index (χ1v) is 9.90. The summed E-state index contributed by atoms with van der Waals surface area (Å²) in [7, 11) is 0. The summed E-state index contributed by atoms with van der Waals surface area (Å²) in [5.41, 5.74) is 2.11. The number of hydrogen-bond donors (Lipinski definition) is 3. The van der Waals surface area contributed by atoms with E-state index in [0.29, 0.717) is 11.3 Å². The quantitative estimate of drug-likeness (QED) is 0.582. The second kappa shape index (κ2) is 10.4. The number of hydrogen-bond acceptors (Lipinski definition) is 5. The number of H-pyrrole nitrogens is 1. The predicted molar refractivity (Wildman–Crippen MR) is 114 cm³/mol. The fourth-order valence-electron chi connectivity index (χ4n) is 2.92. The van der Waals surface area contributed by atoms with Crippen LogP contribution in [0.15, 0.2) is 55.3 Å². The Bertz CT molecular complexity index is 939. The third kappa shape index (κ3) is 5.65. The molecule has 0 aliphatic carbocycles. The van der Waals surface area contributed by atoms with Crippen LogP contribution in [0.2, 0.25) is 0 Å². The van der Waals surface area contributed by atoms with E-state index in [1.54, 1.807) is 12.1 Å². The number of likely N-dealkylation sites (tertiary alicyclic amines) is 1. The highest BCUT2D eigenvalue weighted by molar-refractivity contribution is 5.87. The van der Waals surface area contributed by atoms with E-state index in [2.05, 4.69) is 27.1 Å². The van der Waals surface area contributed by atoms with Crippen molar-refractivity contribution in [3.8, 4) is 17.0 Å². The number of fused-ring (bicyclic) bond motifs is 1. The second-order valence-corrected chi connectivity index (χ2v) is 6.87. The molecule has 0 radical (unpaired) electrons. The number of para-hydroxylation sites is 1. The van der Waals surface area contributed by atoms with Crippen LogP contribution in [0.1, 0.15) is 19.3 Å². The lowest BCUT2D eigenvalue weighted by atomic mass is 10.1. The molecule has 0 atom stereocenters. The largest absolute Gasteiger partial charge is 0.507 e. The van der Waals surface area contributed by atoms with Crippen molar-refractivity contribution in [2.45, 2.75) is 19.3 Å². The molecule has 7 nitrogen and oxygen atoms in total. The summed E-state index contributed by atoms with van der Waals surface area (Å²) >= 11 is 0. The summed E-state index contributed by atoms with van der Waals surface area (Å²) in [6.45, 7) is 7.76. The van der Waals surface area contributed by atoms with Gasteiger partial charge in [-0.3, -0.25) is 4.79 Å². The Morgan fingerprint density at radius 1 is 1.10 bits per heavy atom. The summed E-state index contributed by atoms with van der Waals surface area (Å²) < 4.78 is 0. The predicted octanol–water partition coefficient (Wildman–Crippen LogP) is 3.11. The highest BCUT2D eigenvalue weighted by Crippen LogP contribution is 2.27. The molecule has 0 unspecified atom stereocenters. The molecule has 2 aliphatic heterocycles. The van der Waals surface area contributed by atoms with E-state index in [-0.39, 0.29) is 11.7 Å². The van der Waals surface area contributed by atoms with Crippen LogP contribution in [0.25, 0.3) is 22.3 Å². The SMILES string of the molecule is C1CNC1.C=CC(=O)N1CCCC1.Oc1ccccc1-c1cc2cc[nH]c2nn1. The van der Waals surface area contributed by atoms with Crippen molar-refractivity contribution in [1.82, 2.24) is 25.4 Å². The standard InChI is InChI=1S/C12H9N3O.C7H11NO.C3H7N/c16-11-4-2-1-3-9(11)10-7-8-5-6-13-12(8)15-14-10;1-2-7(9)8-5-3-4-6-8;1-2-4-3-1/h1-7,16H,(H,13,15);2H,1,3-6H2;4H,1-3H2. The van der Waals surface area contributed by atoms with Gasteiger partial charge in [0.15, 0.2) is 5.65 Å². The molecule has 2 aliphatic rings. The Hall–Kier alpha value is -3.19. The summed E-state index contributed by atoms with van der Waals surface area (Å²) in [5.74, 6) is 0.291. The molecule has 0 spiro atoms. The fraction of sp³-hybridized carbons (Fsp3) is 0.318. The van der Waals surface area contributed by atoms with Gasteiger partial charge >= 0.3 is 0 Å². The van der Waals surface area contributed by atoms with Crippen molar-refractivity contribution < 1.29 is 9.90 Å². The number of benzene rings is 1. The molecule has 3 aromatic rings. The van der Waals surface area contributed by atoms with Crippen LogP contribution in [-0.4, -0.2) is 57.3 Å². The summed E-state index contributed by atoms with van der Waals surface area (Å²) in [6, 6.07) is 10.9. The molecule has 152 valence electrons. The Labute approximate surface area is 170 Å². The van der Waals surface area contributed by atoms with E-state index in [9.17, 15) is 9.90 Å². The van der Waals surface area contributed by atoms with Gasteiger partial charge in [0.25, 0.3) is 0 Å². The van der Waals surface area contributed by atoms with Crippen molar-refractivity contribution >= 4 is 16.9 Å². The zero-order chi connectivity index (χ0) is 20.5. The zero-order valence-electron chi connectivity index (χ0n) is 16.5. The highest BCUT2D eigenvalue weighted by atomic mass is 16.3. The minimum Gasteiger partial charge on any atom is -0.507 e. The number of aromatic nitrogens is 3. The molecular formula is C22H27N5O2. The molecule has 2 fully saturated rings. The monoisotopic (exact) mass is 393 g/mol. The van der Waals surface area contributed by atoms with Gasteiger partial charge in [0.1, 0.15) is 5.75 Å². The third-order valence-electron chi connectivity index (χ3n) is 4.79. The van der Waals surface area contributed by atoms with Crippen LogP contribution in [0.3, 0.4) is 0 Å². The lowest BCUT2D eigenvalue weighted by Gasteiger charge is -2.10. The van der Waals surface area contributed by atoms with Gasteiger partial charge in [-0.1, -0.05) is 18.7 Å². The van der Waals surface area contributed by atoms with E-state index in [4.69, 9.17) is 0 Å². The van der Waals surface area contributed by atoms with Gasteiger partial charge < -0.3 is 20.3 Å². The van der Waals surface area contributed by atoms with Gasteiger partial charge in [0.05, 0.1) is 5.69 Å². The van der Waals surface area contributed by atoms with E-state index in [1.165, 1.54) is 25.6 Å². The first kappa shape index (κ1) is 20.5. The van der Waals surface area contributed by atoms with E-state index >= 15 is 0 Å². The van der Waals surface area contributed by atoms with Crippen LogP contribution in [0, 0.1) is 0 Å². The first-order valence-electron chi connectivity index (χ1n) is 9.90. The fourth-order valence-corrected chi connectivity index (χ4v) is 2.92. The Morgan fingerprint density at radius 3 is 2.41 bits per heavy atom. The molecule has 1 aromatic carbocycles. The number of phenols is 1. The Balaban J connectivity index is 0.000000155. The first-order chi connectivity index (χ1) is 14.2. The highest BCUT2D eigenvalue weighted by Gasteiger charge is 2.14. The molecule has 5 rings (SSSR count). The summed E-state index contributed by atoms with van der Waals surface area (Å²) in [5, 5.41) is 21.9.